The van der Waals surface area contributed by atoms with Crippen LogP contribution in [0, 0.1) is 5.41 Å². The third-order valence-corrected chi connectivity index (χ3v) is 3.14. The molecule has 0 bridgehead atoms. The van der Waals surface area contributed by atoms with E-state index < -0.39 is 0 Å². The minimum atomic E-state index is 0.0115. The molecule has 0 aromatic carbocycles. The van der Waals surface area contributed by atoms with E-state index in [2.05, 4.69) is 19.9 Å². The average Bonchev–Trinajstić information content (AvgIpc) is 2.84. The maximum atomic E-state index is 11.9. The van der Waals surface area contributed by atoms with Crippen LogP contribution in [-0.2, 0) is 4.79 Å². The van der Waals surface area contributed by atoms with Crippen molar-refractivity contribution in [3.63, 3.8) is 0 Å². The van der Waals surface area contributed by atoms with E-state index in [1.54, 1.807) is 0 Å². The van der Waals surface area contributed by atoms with Crippen LogP contribution >= 0.6 is 0 Å². The van der Waals surface area contributed by atoms with Crippen LogP contribution in [-0.4, -0.2) is 23.9 Å². The lowest BCUT2D eigenvalue weighted by molar-refractivity contribution is -0.136. The molecule has 0 aromatic heterocycles. The molecule has 1 aliphatic heterocycles. The van der Waals surface area contributed by atoms with Crippen LogP contribution < -0.4 is 0 Å². The van der Waals surface area contributed by atoms with Gasteiger partial charge in [0.05, 0.1) is 0 Å². The fraction of sp³-hybridized carbons (Fsp3) is 0.727. The summed E-state index contributed by atoms with van der Waals surface area (Å²) < 4.78 is 0. The molecule has 1 saturated carbocycles. The number of amides is 1. The third-order valence-electron chi connectivity index (χ3n) is 3.14. The molecule has 0 radical (unpaired) electrons. The summed E-state index contributed by atoms with van der Waals surface area (Å²) in [6, 6.07) is 0. The van der Waals surface area contributed by atoms with Crippen molar-refractivity contribution in [2.24, 2.45) is 5.41 Å². The molecular weight excluding hydrogens is 162 g/mol. The van der Waals surface area contributed by atoms with Gasteiger partial charge in [0.25, 0.3) is 0 Å². The Labute approximate surface area is 79.6 Å². The van der Waals surface area contributed by atoms with Gasteiger partial charge in [0.15, 0.2) is 0 Å². The van der Waals surface area contributed by atoms with Gasteiger partial charge in [-0.15, -0.1) is 0 Å². The van der Waals surface area contributed by atoms with Crippen LogP contribution in [0.5, 0.6) is 0 Å². The van der Waals surface area contributed by atoms with Crippen molar-refractivity contribution in [1.82, 2.24) is 4.90 Å². The summed E-state index contributed by atoms with van der Waals surface area (Å²) in [6.07, 6.45) is 5.45. The minimum Gasteiger partial charge on any atom is -0.338 e. The summed E-state index contributed by atoms with van der Waals surface area (Å²) in [4.78, 5) is 13.9. The van der Waals surface area contributed by atoms with Crippen molar-refractivity contribution < 1.29 is 4.79 Å². The summed E-state index contributed by atoms with van der Waals surface area (Å²) in [5, 5.41) is 0. The van der Waals surface area contributed by atoms with Gasteiger partial charge in [0, 0.05) is 18.5 Å². The number of hydrogen-bond donors (Lipinski definition) is 0. The summed E-state index contributed by atoms with van der Waals surface area (Å²) in [5.74, 6) is 0.375. The highest BCUT2D eigenvalue weighted by Crippen LogP contribution is 2.46. The van der Waals surface area contributed by atoms with Gasteiger partial charge >= 0.3 is 0 Å². The molecule has 2 rings (SSSR count). The zero-order valence-corrected chi connectivity index (χ0v) is 8.47. The Morgan fingerprint density at radius 2 is 2.23 bits per heavy atom. The fourth-order valence-electron chi connectivity index (χ4n) is 1.87. The first kappa shape index (κ1) is 8.79. The Bertz CT molecular complexity index is 263. The van der Waals surface area contributed by atoms with Crippen molar-refractivity contribution in [2.75, 3.05) is 13.1 Å². The van der Waals surface area contributed by atoms with Gasteiger partial charge in [0.2, 0.25) is 5.91 Å². The second-order valence-electron chi connectivity index (χ2n) is 4.63. The highest BCUT2D eigenvalue weighted by Gasteiger charge is 2.47. The Morgan fingerprint density at radius 1 is 1.54 bits per heavy atom. The molecule has 0 saturated heterocycles. The maximum absolute atomic E-state index is 11.9. The van der Waals surface area contributed by atoms with Crippen molar-refractivity contribution in [3.8, 4) is 0 Å². The van der Waals surface area contributed by atoms with Crippen molar-refractivity contribution in [3.05, 3.63) is 11.6 Å². The van der Waals surface area contributed by atoms with Crippen molar-refractivity contribution in [1.29, 1.82) is 0 Å². The number of hydrogen-bond acceptors (Lipinski definition) is 1. The van der Waals surface area contributed by atoms with E-state index in [4.69, 9.17) is 0 Å². The van der Waals surface area contributed by atoms with Crippen LogP contribution in [0.1, 0.15) is 33.1 Å². The first-order valence-corrected chi connectivity index (χ1v) is 5.07. The van der Waals surface area contributed by atoms with E-state index in [0.29, 0.717) is 5.91 Å². The first-order valence-electron chi connectivity index (χ1n) is 5.07. The molecule has 0 unspecified atom stereocenters. The molecule has 2 nitrogen and oxygen atoms in total. The zero-order chi connectivity index (χ0) is 9.47. The topological polar surface area (TPSA) is 20.3 Å². The minimum absolute atomic E-state index is 0.0115. The van der Waals surface area contributed by atoms with Crippen molar-refractivity contribution >= 4 is 5.91 Å². The summed E-state index contributed by atoms with van der Waals surface area (Å²) in [6.45, 7) is 5.97. The fourth-order valence-corrected chi connectivity index (χ4v) is 1.87. The van der Waals surface area contributed by atoms with Gasteiger partial charge in [-0.1, -0.05) is 18.6 Å². The molecule has 2 heteroatoms. The Hall–Kier alpha value is -0.790. The number of carbonyl (C=O) groups is 1. The largest absolute Gasteiger partial charge is 0.338 e. The van der Waals surface area contributed by atoms with Gasteiger partial charge in [-0.3, -0.25) is 4.79 Å². The normalized spacial score (nSPS) is 25.4. The average molecular weight is 179 g/mol. The van der Waals surface area contributed by atoms with E-state index in [-0.39, 0.29) is 5.41 Å². The SMILES string of the molecule is CC1=CCCN(C(=O)C2(C)CC2)C1. The standard InChI is InChI=1S/C11H17NO/c1-9-4-3-7-12(8-9)10(13)11(2)5-6-11/h4H,3,5-8H2,1-2H3. The van der Waals surface area contributed by atoms with E-state index in [0.717, 1.165) is 32.4 Å². The highest BCUT2D eigenvalue weighted by molar-refractivity contribution is 5.85. The summed E-state index contributed by atoms with van der Waals surface area (Å²) in [5.41, 5.74) is 1.35. The van der Waals surface area contributed by atoms with Gasteiger partial charge in [0.1, 0.15) is 0 Å². The second kappa shape index (κ2) is 2.86. The molecule has 1 fully saturated rings. The molecule has 0 aromatic rings. The van der Waals surface area contributed by atoms with E-state index in [9.17, 15) is 4.79 Å². The molecule has 1 heterocycles. The van der Waals surface area contributed by atoms with E-state index in [1.165, 1.54) is 5.57 Å². The Kier molecular flexibility index (Phi) is 1.94. The van der Waals surface area contributed by atoms with Gasteiger partial charge < -0.3 is 4.90 Å². The molecule has 72 valence electrons. The zero-order valence-electron chi connectivity index (χ0n) is 8.47. The molecule has 0 spiro atoms. The number of rotatable bonds is 1. The van der Waals surface area contributed by atoms with Crippen LogP contribution in [0.2, 0.25) is 0 Å². The van der Waals surface area contributed by atoms with Crippen molar-refractivity contribution in [2.45, 2.75) is 33.1 Å². The monoisotopic (exact) mass is 179 g/mol. The predicted molar refractivity (Wildman–Crippen MR) is 52.3 cm³/mol. The van der Waals surface area contributed by atoms with Crippen LogP contribution in [0.3, 0.4) is 0 Å². The van der Waals surface area contributed by atoms with Crippen LogP contribution in [0.25, 0.3) is 0 Å². The summed E-state index contributed by atoms with van der Waals surface area (Å²) in [7, 11) is 0. The molecule has 0 N–H and O–H groups in total. The Morgan fingerprint density at radius 3 is 2.77 bits per heavy atom. The molecule has 0 atom stereocenters. The van der Waals surface area contributed by atoms with Gasteiger partial charge in [-0.25, -0.2) is 0 Å². The molecule has 2 aliphatic rings. The predicted octanol–water partition coefficient (Wildman–Crippen LogP) is 1.97. The Balaban J connectivity index is 2.02. The quantitative estimate of drug-likeness (QED) is 0.563. The molecule has 13 heavy (non-hydrogen) atoms. The highest BCUT2D eigenvalue weighted by atomic mass is 16.2. The second-order valence-corrected chi connectivity index (χ2v) is 4.63. The summed E-state index contributed by atoms with van der Waals surface area (Å²) >= 11 is 0. The number of nitrogens with zero attached hydrogens (tertiary/aromatic N) is 1. The van der Waals surface area contributed by atoms with Gasteiger partial charge in [-0.05, 0) is 26.2 Å². The van der Waals surface area contributed by atoms with E-state index in [1.807, 2.05) is 4.90 Å². The van der Waals surface area contributed by atoms with Crippen LogP contribution in [0.4, 0.5) is 0 Å². The number of carbonyl (C=O) groups excluding carboxylic acids is 1. The lowest BCUT2D eigenvalue weighted by atomic mass is 10.1. The van der Waals surface area contributed by atoms with E-state index >= 15 is 0 Å². The molecule has 1 aliphatic carbocycles. The third kappa shape index (κ3) is 1.62. The molecular formula is C11H17NO. The lowest BCUT2D eigenvalue weighted by Gasteiger charge is -2.28. The lowest BCUT2D eigenvalue weighted by Crippen LogP contribution is -2.39. The molecule has 1 amide bonds. The van der Waals surface area contributed by atoms with Gasteiger partial charge in [-0.2, -0.15) is 0 Å². The van der Waals surface area contributed by atoms with Crippen LogP contribution in [0.15, 0.2) is 11.6 Å². The first-order chi connectivity index (χ1) is 6.12. The smallest absolute Gasteiger partial charge is 0.228 e. The maximum Gasteiger partial charge on any atom is 0.228 e.